The molecule has 0 radical (unpaired) electrons. The number of aryl methyl sites for hydroxylation is 1. The molecule has 1 unspecified atom stereocenters. The summed E-state index contributed by atoms with van der Waals surface area (Å²) >= 11 is 0. The molecule has 118 valence electrons. The molecule has 6 nitrogen and oxygen atoms in total. The lowest BCUT2D eigenvalue weighted by molar-refractivity contribution is 0.0686. The number of nitrogens with one attached hydrogen (secondary N) is 2. The number of carbonyl (C=O) groups excluding carboxylic acids is 1. The predicted molar refractivity (Wildman–Crippen MR) is 83.6 cm³/mol. The van der Waals surface area contributed by atoms with Gasteiger partial charge in [0.2, 0.25) is 0 Å². The Balaban J connectivity index is 1.79. The number of rotatable bonds is 5. The minimum absolute atomic E-state index is 0.0127. The standard InChI is InChI=1S/C16H22N4O2/c1-3-8-20(12-6-7-17-10-12)16(21)14-9-13(18-19-14)15-5-4-11(2)22-15/h4-5,9,12,17H,3,6-8,10H2,1-2H3,(H,18,19). The summed E-state index contributed by atoms with van der Waals surface area (Å²) in [5.74, 6) is 1.53. The Bertz CT molecular complexity index is 640. The quantitative estimate of drug-likeness (QED) is 0.888. The number of furan rings is 1. The van der Waals surface area contributed by atoms with Crippen LogP contribution in [-0.4, -0.2) is 46.7 Å². The number of aromatic nitrogens is 2. The second-order valence-corrected chi connectivity index (χ2v) is 5.72. The van der Waals surface area contributed by atoms with Crippen LogP contribution in [0, 0.1) is 6.92 Å². The molecule has 1 aliphatic rings. The zero-order valence-electron chi connectivity index (χ0n) is 13.1. The van der Waals surface area contributed by atoms with Gasteiger partial charge < -0.3 is 14.6 Å². The highest BCUT2D eigenvalue weighted by Crippen LogP contribution is 2.21. The fourth-order valence-corrected chi connectivity index (χ4v) is 2.88. The van der Waals surface area contributed by atoms with E-state index in [1.54, 1.807) is 6.07 Å². The minimum Gasteiger partial charge on any atom is -0.460 e. The molecule has 0 spiro atoms. The zero-order valence-corrected chi connectivity index (χ0v) is 13.1. The maximum Gasteiger partial charge on any atom is 0.274 e. The molecule has 1 fully saturated rings. The van der Waals surface area contributed by atoms with Crippen molar-refractivity contribution in [2.45, 2.75) is 32.7 Å². The van der Waals surface area contributed by atoms with Gasteiger partial charge in [-0.15, -0.1) is 0 Å². The summed E-state index contributed by atoms with van der Waals surface area (Å²) in [4.78, 5) is 14.7. The highest BCUT2D eigenvalue weighted by molar-refractivity contribution is 5.93. The number of hydrogen-bond acceptors (Lipinski definition) is 4. The third-order valence-corrected chi connectivity index (χ3v) is 4.00. The SMILES string of the molecule is CCCN(C(=O)c1cc(-c2ccc(C)o2)[nH]n1)C1CCNC1. The molecule has 0 saturated carbocycles. The molecule has 22 heavy (non-hydrogen) atoms. The van der Waals surface area contributed by atoms with Gasteiger partial charge in [0, 0.05) is 25.2 Å². The van der Waals surface area contributed by atoms with E-state index in [0.717, 1.165) is 43.9 Å². The smallest absolute Gasteiger partial charge is 0.274 e. The van der Waals surface area contributed by atoms with E-state index in [9.17, 15) is 4.79 Å². The Morgan fingerprint density at radius 1 is 1.50 bits per heavy atom. The van der Waals surface area contributed by atoms with E-state index in [1.165, 1.54) is 0 Å². The molecule has 2 aromatic heterocycles. The summed E-state index contributed by atoms with van der Waals surface area (Å²) in [5, 5.41) is 10.4. The predicted octanol–water partition coefficient (Wildman–Crippen LogP) is 2.19. The molecular weight excluding hydrogens is 280 g/mol. The maximum absolute atomic E-state index is 12.8. The van der Waals surface area contributed by atoms with Crippen molar-refractivity contribution in [1.82, 2.24) is 20.4 Å². The Hall–Kier alpha value is -2.08. The first-order valence-corrected chi connectivity index (χ1v) is 7.83. The van der Waals surface area contributed by atoms with E-state index >= 15 is 0 Å². The highest BCUT2D eigenvalue weighted by Gasteiger charge is 2.28. The minimum atomic E-state index is -0.0127. The van der Waals surface area contributed by atoms with Gasteiger partial charge in [0.05, 0.1) is 0 Å². The van der Waals surface area contributed by atoms with Crippen molar-refractivity contribution in [3.63, 3.8) is 0 Å². The summed E-state index contributed by atoms with van der Waals surface area (Å²) in [5.41, 5.74) is 1.18. The van der Waals surface area contributed by atoms with Crippen LogP contribution in [0.3, 0.4) is 0 Å². The number of nitrogens with zero attached hydrogens (tertiary/aromatic N) is 2. The largest absolute Gasteiger partial charge is 0.460 e. The number of aromatic amines is 1. The van der Waals surface area contributed by atoms with E-state index in [4.69, 9.17) is 4.42 Å². The first-order valence-electron chi connectivity index (χ1n) is 7.83. The molecule has 2 aromatic rings. The fraction of sp³-hybridized carbons (Fsp3) is 0.500. The van der Waals surface area contributed by atoms with Crippen LogP contribution in [-0.2, 0) is 0 Å². The Kier molecular flexibility index (Phi) is 4.29. The van der Waals surface area contributed by atoms with Gasteiger partial charge in [-0.1, -0.05) is 6.92 Å². The van der Waals surface area contributed by atoms with E-state index < -0.39 is 0 Å². The van der Waals surface area contributed by atoms with E-state index in [2.05, 4.69) is 22.4 Å². The summed E-state index contributed by atoms with van der Waals surface area (Å²) in [6, 6.07) is 5.80. The fourth-order valence-electron chi connectivity index (χ4n) is 2.88. The summed E-state index contributed by atoms with van der Waals surface area (Å²) in [6.07, 6.45) is 1.94. The number of hydrogen-bond donors (Lipinski definition) is 2. The average molecular weight is 302 g/mol. The highest BCUT2D eigenvalue weighted by atomic mass is 16.3. The molecule has 1 atom stereocenters. The van der Waals surface area contributed by atoms with Crippen LogP contribution in [0.1, 0.15) is 36.0 Å². The summed E-state index contributed by atoms with van der Waals surface area (Å²) in [7, 11) is 0. The topological polar surface area (TPSA) is 74.2 Å². The van der Waals surface area contributed by atoms with Crippen LogP contribution in [0.4, 0.5) is 0 Å². The molecule has 1 amide bonds. The first-order chi connectivity index (χ1) is 10.7. The van der Waals surface area contributed by atoms with Crippen molar-refractivity contribution in [3.05, 3.63) is 29.7 Å². The number of amides is 1. The molecule has 6 heteroatoms. The Morgan fingerprint density at radius 2 is 2.36 bits per heavy atom. The van der Waals surface area contributed by atoms with Crippen LogP contribution >= 0.6 is 0 Å². The van der Waals surface area contributed by atoms with Crippen molar-refractivity contribution in [1.29, 1.82) is 0 Å². The molecule has 1 aliphatic heterocycles. The lowest BCUT2D eigenvalue weighted by atomic mass is 10.2. The molecular formula is C16H22N4O2. The van der Waals surface area contributed by atoms with Gasteiger partial charge >= 0.3 is 0 Å². The van der Waals surface area contributed by atoms with Crippen molar-refractivity contribution in [2.75, 3.05) is 19.6 Å². The zero-order chi connectivity index (χ0) is 15.5. The van der Waals surface area contributed by atoms with Crippen LogP contribution < -0.4 is 5.32 Å². The molecule has 0 aliphatic carbocycles. The third-order valence-electron chi connectivity index (χ3n) is 4.00. The Labute approximate surface area is 129 Å². The van der Waals surface area contributed by atoms with Crippen molar-refractivity contribution in [3.8, 4) is 11.5 Å². The van der Waals surface area contributed by atoms with E-state index in [0.29, 0.717) is 11.5 Å². The molecule has 1 saturated heterocycles. The average Bonchev–Trinajstić information content (AvgIpc) is 3.24. The van der Waals surface area contributed by atoms with E-state index in [-0.39, 0.29) is 11.9 Å². The molecule has 0 aromatic carbocycles. The molecule has 0 bridgehead atoms. The monoisotopic (exact) mass is 302 g/mol. The number of carbonyl (C=O) groups is 1. The molecule has 2 N–H and O–H groups in total. The summed E-state index contributed by atoms with van der Waals surface area (Å²) < 4.78 is 5.56. The van der Waals surface area contributed by atoms with Gasteiger partial charge in [0.1, 0.15) is 11.5 Å². The molecule has 3 rings (SSSR count). The van der Waals surface area contributed by atoms with Crippen molar-refractivity contribution in [2.24, 2.45) is 0 Å². The maximum atomic E-state index is 12.8. The summed E-state index contributed by atoms with van der Waals surface area (Å²) in [6.45, 7) is 6.57. The van der Waals surface area contributed by atoms with Crippen LogP contribution in [0.2, 0.25) is 0 Å². The number of H-pyrrole nitrogens is 1. The van der Waals surface area contributed by atoms with Crippen LogP contribution in [0.25, 0.3) is 11.5 Å². The lowest BCUT2D eigenvalue weighted by Crippen LogP contribution is -2.42. The lowest BCUT2D eigenvalue weighted by Gasteiger charge is -2.27. The van der Waals surface area contributed by atoms with Gasteiger partial charge in [-0.2, -0.15) is 5.10 Å². The van der Waals surface area contributed by atoms with Crippen LogP contribution in [0.5, 0.6) is 0 Å². The first kappa shape index (κ1) is 14.8. The Morgan fingerprint density at radius 3 is 3.00 bits per heavy atom. The van der Waals surface area contributed by atoms with Gasteiger partial charge in [0.15, 0.2) is 11.5 Å². The van der Waals surface area contributed by atoms with Crippen molar-refractivity contribution >= 4 is 5.91 Å². The van der Waals surface area contributed by atoms with Gasteiger partial charge in [0.25, 0.3) is 5.91 Å². The van der Waals surface area contributed by atoms with Crippen molar-refractivity contribution < 1.29 is 9.21 Å². The van der Waals surface area contributed by atoms with Crippen LogP contribution in [0.15, 0.2) is 22.6 Å². The van der Waals surface area contributed by atoms with Gasteiger partial charge in [-0.05, 0) is 38.4 Å². The second kappa shape index (κ2) is 6.36. The molecule has 3 heterocycles. The normalized spacial score (nSPS) is 17.8. The third kappa shape index (κ3) is 2.92. The second-order valence-electron chi connectivity index (χ2n) is 5.72. The van der Waals surface area contributed by atoms with Gasteiger partial charge in [-0.25, -0.2) is 0 Å². The van der Waals surface area contributed by atoms with E-state index in [1.807, 2.05) is 24.0 Å². The van der Waals surface area contributed by atoms with Gasteiger partial charge in [-0.3, -0.25) is 9.89 Å².